The Balaban J connectivity index is 3.44. The fraction of sp³-hybridized carbons (Fsp3) is 0. The topological polar surface area (TPSA) is 80.4 Å². The summed E-state index contributed by atoms with van der Waals surface area (Å²) in [6.07, 6.45) is 0.300. The van der Waals surface area contributed by atoms with E-state index < -0.39 is 16.4 Å². The van der Waals surface area contributed by atoms with Gasteiger partial charge in [-0.25, -0.2) is 0 Å². The molecule has 1 aromatic carbocycles. The van der Waals surface area contributed by atoms with E-state index in [4.69, 9.17) is 16.7 Å². The number of aromatic hydroxyl groups is 1. The van der Waals surface area contributed by atoms with Gasteiger partial charge in [0.25, 0.3) is 0 Å². The molecule has 0 amide bonds. The summed E-state index contributed by atoms with van der Waals surface area (Å²) in [5, 5.41) is 19.5. The monoisotopic (exact) mass is 201 g/mol. The molecule has 5 nitrogen and oxygen atoms in total. The molecule has 6 heteroatoms. The highest BCUT2D eigenvalue weighted by Gasteiger charge is 2.17. The van der Waals surface area contributed by atoms with Crippen LogP contribution in [0.4, 0.5) is 5.69 Å². The van der Waals surface area contributed by atoms with Crippen molar-refractivity contribution in [2.75, 3.05) is 0 Å². The number of aldehydes is 1. The molecule has 1 rings (SSSR count). The average molecular weight is 202 g/mol. The lowest BCUT2D eigenvalue weighted by Gasteiger charge is -1.98. The maximum Gasteiger partial charge on any atom is 0.312 e. The Morgan fingerprint density at radius 3 is 2.62 bits per heavy atom. The molecule has 13 heavy (non-hydrogen) atoms. The summed E-state index contributed by atoms with van der Waals surface area (Å²) in [7, 11) is 0. The van der Waals surface area contributed by atoms with Crippen molar-refractivity contribution < 1.29 is 14.8 Å². The number of hydrogen-bond donors (Lipinski definition) is 1. The molecule has 0 aromatic heterocycles. The first-order valence-corrected chi connectivity index (χ1v) is 3.56. The standard InChI is InChI=1S/C7H4ClNO4/c8-5-1-4(3-10)7(11)6(2-5)9(12)13/h1-3,11H. The lowest BCUT2D eigenvalue weighted by molar-refractivity contribution is -0.385. The second-order valence-electron chi connectivity index (χ2n) is 2.24. The molecule has 0 aliphatic rings. The van der Waals surface area contributed by atoms with E-state index in [-0.39, 0.29) is 10.6 Å². The molecule has 0 radical (unpaired) electrons. The third-order valence-electron chi connectivity index (χ3n) is 1.41. The Hall–Kier alpha value is -1.62. The number of rotatable bonds is 2. The molecular weight excluding hydrogens is 198 g/mol. The van der Waals surface area contributed by atoms with Crippen LogP contribution in [0.25, 0.3) is 0 Å². The minimum absolute atomic E-state index is 0.0339. The van der Waals surface area contributed by atoms with Gasteiger partial charge in [0.2, 0.25) is 5.75 Å². The fourth-order valence-electron chi connectivity index (χ4n) is 0.834. The lowest BCUT2D eigenvalue weighted by atomic mass is 10.2. The summed E-state index contributed by atoms with van der Waals surface area (Å²) < 4.78 is 0. The number of nitro benzene ring substituents is 1. The van der Waals surface area contributed by atoms with E-state index in [1.807, 2.05) is 0 Å². The summed E-state index contributed by atoms with van der Waals surface area (Å²) >= 11 is 5.47. The molecule has 1 aromatic rings. The molecule has 0 spiro atoms. The third-order valence-corrected chi connectivity index (χ3v) is 1.63. The van der Waals surface area contributed by atoms with Gasteiger partial charge in [0.15, 0.2) is 6.29 Å². The summed E-state index contributed by atoms with van der Waals surface area (Å²) in [4.78, 5) is 19.8. The number of benzene rings is 1. The van der Waals surface area contributed by atoms with E-state index in [9.17, 15) is 14.9 Å². The van der Waals surface area contributed by atoms with Crippen molar-refractivity contribution in [1.82, 2.24) is 0 Å². The molecule has 0 unspecified atom stereocenters. The van der Waals surface area contributed by atoms with Gasteiger partial charge in [-0.2, -0.15) is 0 Å². The van der Waals surface area contributed by atoms with Crippen LogP contribution in [0, 0.1) is 10.1 Å². The predicted octanol–water partition coefficient (Wildman–Crippen LogP) is 1.77. The van der Waals surface area contributed by atoms with Crippen LogP contribution in [-0.4, -0.2) is 16.3 Å². The van der Waals surface area contributed by atoms with E-state index in [0.717, 1.165) is 12.1 Å². The number of phenolic OH excluding ortho intramolecular Hbond substituents is 1. The van der Waals surface area contributed by atoms with Crippen molar-refractivity contribution in [2.45, 2.75) is 0 Å². The van der Waals surface area contributed by atoms with Crippen molar-refractivity contribution in [3.63, 3.8) is 0 Å². The molecule has 68 valence electrons. The lowest BCUT2D eigenvalue weighted by Crippen LogP contribution is -1.91. The first kappa shape index (κ1) is 9.47. The van der Waals surface area contributed by atoms with Gasteiger partial charge in [0.1, 0.15) is 0 Å². The minimum Gasteiger partial charge on any atom is -0.502 e. The molecule has 0 aliphatic heterocycles. The van der Waals surface area contributed by atoms with E-state index in [2.05, 4.69) is 0 Å². The van der Waals surface area contributed by atoms with Crippen molar-refractivity contribution in [1.29, 1.82) is 0 Å². The van der Waals surface area contributed by atoms with E-state index in [1.54, 1.807) is 0 Å². The Bertz CT molecular complexity index is 377. The zero-order chi connectivity index (χ0) is 10.0. The second-order valence-corrected chi connectivity index (χ2v) is 2.67. The van der Waals surface area contributed by atoms with Crippen LogP contribution >= 0.6 is 11.6 Å². The molecular formula is C7H4ClNO4. The second kappa shape index (κ2) is 3.40. The van der Waals surface area contributed by atoms with Gasteiger partial charge < -0.3 is 5.11 Å². The molecule has 0 heterocycles. The molecule has 0 bridgehead atoms. The van der Waals surface area contributed by atoms with Crippen molar-refractivity contribution >= 4 is 23.6 Å². The molecule has 0 saturated carbocycles. The predicted molar refractivity (Wildman–Crippen MR) is 45.2 cm³/mol. The first-order valence-electron chi connectivity index (χ1n) is 3.18. The van der Waals surface area contributed by atoms with E-state index in [0.29, 0.717) is 6.29 Å². The largest absolute Gasteiger partial charge is 0.502 e. The maximum absolute atomic E-state index is 10.3. The van der Waals surface area contributed by atoms with Crippen molar-refractivity contribution in [3.8, 4) is 5.75 Å². The SMILES string of the molecule is O=Cc1cc(Cl)cc([N+](=O)[O-])c1O. The zero-order valence-electron chi connectivity index (χ0n) is 6.23. The van der Waals surface area contributed by atoms with Crippen LogP contribution in [0.5, 0.6) is 5.75 Å². The van der Waals surface area contributed by atoms with Crippen LogP contribution in [-0.2, 0) is 0 Å². The molecule has 0 saturated heterocycles. The van der Waals surface area contributed by atoms with E-state index in [1.165, 1.54) is 0 Å². The maximum atomic E-state index is 10.3. The minimum atomic E-state index is -0.811. The summed E-state index contributed by atoms with van der Waals surface area (Å²) in [6, 6.07) is 2.13. The van der Waals surface area contributed by atoms with Crippen LogP contribution in [0.2, 0.25) is 5.02 Å². The highest BCUT2D eigenvalue weighted by molar-refractivity contribution is 6.31. The van der Waals surface area contributed by atoms with Gasteiger partial charge in [-0.1, -0.05) is 11.6 Å². The van der Waals surface area contributed by atoms with Crippen LogP contribution in [0.15, 0.2) is 12.1 Å². The first-order chi connectivity index (χ1) is 6.06. The van der Waals surface area contributed by atoms with Gasteiger partial charge in [-0.15, -0.1) is 0 Å². The number of halogens is 1. The zero-order valence-corrected chi connectivity index (χ0v) is 6.99. The van der Waals surface area contributed by atoms with Crippen molar-refractivity contribution in [3.05, 3.63) is 32.8 Å². The van der Waals surface area contributed by atoms with Gasteiger partial charge in [0, 0.05) is 11.1 Å². The summed E-state index contributed by atoms with van der Waals surface area (Å²) in [6.45, 7) is 0. The number of hydrogen-bond acceptors (Lipinski definition) is 4. The Labute approximate surface area is 77.7 Å². The van der Waals surface area contributed by atoms with Crippen LogP contribution in [0.1, 0.15) is 10.4 Å². The number of carbonyl (C=O) groups excluding carboxylic acids is 1. The normalized spacial score (nSPS) is 9.62. The number of nitro groups is 1. The number of carbonyl (C=O) groups is 1. The molecule has 0 fully saturated rings. The van der Waals surface area contributed by atoms with Crippen molar-refractivity contribution in [2.24, 2.45) is 0 Å². The van der Waals surface area contributed by atoms with Gasteiger partial charge >= 0.3 is 5.69 Å². The highest BCUT2D eigenvalue weighted by atomic mass is 35.5. The number of phenols is 1. The van der Waals surface area contributed by atoms with E-state index >= 15 is 0 Å². The van der Waals surface area contributed by atoms with Gasteiger partial charge in [-0.3, -0.25) is 14.9 Å². The van der Waals surface area contributed by atoms with Gasteiger partial charge in [-0.05, 0) is 6.07 Å². The highest BCUT2D eigenvalue weighted by Crippen LogP contribution is 2.31. The Morgan fingerprint density at radius 1 is 1.54 bits per heavy atom. The summed E-state index contributed by atoms with van der Waals surface area (Å²) in [5.74, 6) is -0.663. The quantitative estimate of drug-likeness (QED) is 0.449. The van der Waals surface area contributed by atoms with Crippen LogP contribution in [0.3, 0.4) is 0 Å². The average Bonchev–Trinajstić information content (AvgIpc) is 2.08. The number of nitrogens with zero attached hydrogens (tertiary/aromatic N) is 1. The molecule has 0 atom stereocenters. The smallest absolute Gasteiger partial charge is 0.312 e. The molecule has 0 aliphatic carbocycles. The molecule has 1 N–H and O–H groups in total. The van der Waals surface area contributed by atoms with Crippen LogP contribution < -0.4 is 0 Å². The third kappa shape index (κ3) is 1.75. The Kier molecular flexibility index (Phi) is 2.48. The fourth-order valence-corrected chi connectivity index (χ4v) is 1.06. The Morgan fingerprint density at radius 2 is 2.15 bits per heavy atom. The van der Waals surface area contributed by atoms with Gasteiger partial charge in [0.05, 0.1) is 10.5 Å². The summed E-state index contributed by atoms with van der Waals surface area (Å²) in [5.41, 5.74) is -0.770.